The number of nitrogens with one attached hydrogen (secondary N) is 1. The predicted octanol–water partition coefficient (Wildman–Crippen LogP) is -0.355. The Morgan fingerprint density at radius 2 is 2.21 bits per heavy atom. The van der Waals surface area contributed by atoms with E-state index in [1.807, 2.05) is 18.2 Å². The smallest absolute Gasteiger partial charge is 0.247 e. The van der Waals surface area contributed by atoms with E-state index < -0.39 is 12.0 Å². The molecule has 1 unspecified atom stereocenters. The third-order valence-electron chi connectivity index (χ3n) is 3.53. The summed E-state index contributed by atoms with van der Waals surface area (Å²) in [6.45, 7) is 0.164. The molecule has 1 saturated heterocycles. The average molecular weight is 260 g/mol. The summed E-state index contributed by atoms with van der Waals surface area (Å²) in [4.78, 5) is 27.4. The first kappa shape index (κ1) is 12.1. The summed E-state index contributed by atoms with van der Waals surface area (Å²) in [6, 6.07) is 5.61. The molecule has 1 radical (unpaired) electrons. The average Bonchev–Trinajstić information content (AvgIpc) is 3.08. The van der Waals surface area contributed by atoms with Crippen molar-refractivity contribution in [3.63, 3.8) is 0 Å². The third-order valence-corrected chi connectivity index (χ3v) is 3.53. The van der Waals surface area contributed by atoms with Crippen LogP contribution in [0.4, 0.5) is 0 Å². The molecular formula is C13H14N3O3. The zero-order valence-corrected chi connectivity index (χ0v) is 10.3. The van der Waals surface area contributed by atoms with Crippen molar-refractivity contribution in [2.75, 3.05) is 6.61 Å². The summed E-state index contributed by atoms with van der Waals surface area (Å²) in [6.07, 6.45) is 2.53. The van der Waals surface area contributed by atoms with E-state index in [1.165, 1.54) is 0 Å². The van der Waals surface area contributed by atoms with Crippen LogP contribution < -0.4 is 11.1 Å². The number of carbonyl (C=O) groups is 2. The highest BCUT2D eigenvalue weighted by molar-refractivity contribution is 6.00. The molecule has 1 aromatic rings. The van der Waals surface area contributed by atoms with Crippen LogP contribution in [0.3, 0.4) is 0 Å². The Kier molecular flexibility index (Phi) is 2.74. The lowest BCUT2D eigenvalue weighted by atomic mass is 9.95. The molecule has 0 bridgehead atoms. The van der Waals surface area contributed by atoms with E-state index in [2.05, 4.69) is 10.3 Å². The van der Waals surface area contributed by atoms with Gasteiger partial charge in [0.05, 0.1) is 17.8 Å². The predicted molar refractivity (Wildman–Crippen MR) is 65.5 cm³/mol. The lowest BCUT2D eigenvalue weighted by Crippen LogP contribution is -2.55. The molecule has 2 amide bonds. The molecular weight excluding hydrogens is 246 g/mol. The fraction of sp³-hybridized carbons (Fsp3) is 0.385. The molecule has 0 spiro atoms. The molecule has 2 aliphatic rings. The summed E-state index contributed by atoms with van der Waals surface area (Å²) in [7, 11) is 0. The molecule has 1 aromatic heterocycles. The topological polar surface area (TPSA) is 94.3 Å². The highest BCUT2D eigenvalue weighted by atomic mass is 16.5. The number of amides is 2. The molecule has 3 N–H and O–H groups in total. The first-order valence-electron chi connectivity index (χ1n) is 6.13. The second-order valence-electron chi connectivity index (χ2n) is 4.87. The number of rotatable bonds is 4. The summed E-state index contributed by atoms with van der Waals surface area (Å²) < 4.78 is 4.98. The Balaban J connectivity index is 1.69. The van der Waals surface area contributed by atoms with Gasteiger partial charge in [0, 0.05) is 6.20 Å². The van der Waals surface area contributed by atoms with Gasteiger partial charge in [-0.25, -0.2) is 0 Å². The molecule has 1 atom stereocenters. The van der Waals surface area contributed by atoms with E-state index in [0.717, 1.165) is 18.5 Å². The van der Waals surface area contributed by atoms with E-state index in [1.54, 1.807) is 6.20 Å². The number of primary amides is 1. The van der Waals surface area contributed by atoms with Crippen LogP contribution >= 0.6 is 0 Å². The van der Waals surface area contributed by atoms with Gasteiger partial charge in [-0.3, -0.25) is 14.6 Å². The minimum absolute atomic E-state index is 0.164. The quantitative estimate of drug-likeness (QED) is 0.773. The highest BCUT2D eigenvalue weighted by Crippen LogP contribution is 2.45. The van der Waals surface area contributed by atoms with Crippen molar-refractivity contribution in [1.82, 2.24) is 10.3 Å². The van der Waals surface area contributed by atoms with Crippen LogP contribution in [0.25, 0.3) is 0 Å². The summed E-state index contributed by atoms with van der Waals surface area (Å²) in [5, 5.41) is 2.94. The minimum Gasteiger partial charge on any atom is -0.367 e. The van der Waals surface area contributed by atoms with Crippen molar-refractivity contribution in [2.45, 2.75) is 24.5 Å². The van der Waals surface area contributed by atoms with Crippen LogP contribution in [0, 0.1) is 5.92 Å². The molecule has 3 rings (SSSR count). The van der Waals surface area contributed by atoms with Crippen molar-refractivity contribution in [2.24, 2.45) is 5.73 Å². The van der Waals surface area contributed by atoms with Crippen molar-refractivity contribution >= 4 is 11.8 Å². The summed E-state index contributed by atoms with van der Waals surface area (Å²) in [5.41, 5.74) is 5.60. The van der Waals surface area contributed by atoms with Gasteiger partial charge >= 0.3 is 0 Å². The molecule has 6 nitrogen and oxygen atoms in total. The maximum atomic E-state index is 12.1. The fourth-order valence-electron chi connectivity index (χ4n) is 2.20. The van der Waals surface area contributed by atoms with Crippen molar-refractivity contribution < 1.29 is 14.3 Å². The SMILES string of the molecule is NC(=O)C1OC[C]1C(=O)NC1(c2ccccn2)CC1. The number of pyridine rings is 1. The minimum atomic E-state index is -0.875. The monoisotopic (exact) mass is 260 g/mol. The largest absolute Gasteiger partial charge is 0.367 e. The van der Waals surface area contributed by atoms with Gasteiger partial charge in [0.15, 0.2) is 6.10 Å². The number of hydrogen-bond acceptors (Lipinski definition) is 4. The van der Waals surface area contributed by atoms with E-state index in [0.29, 0.717) is 5.92 Å². The standard InChI is InChI=1S/C13H14N3O3/c14-11(17)10-8(7-19-10)12(18)16-13(4-5-13)9-3-1-2-6-15-9/h1-3,6,10H,4-5,7H2,(H2,14,17)(H,16,18). The maximum absolute atomic E-state index is 12.1. The van der Waals surface area contributed by atoms with Crippen LogP contribution in [0.15, 0.2) is 24.4 Å². The van der Waals surface area contributed by atoms with Gasteiger partial charge in [-0.15, -0.1) is 0 Å². The number of hydrogen-bond donors (Lipinski definition) is 2. The lowest BCUT2D eigenvalue weighted by Gasteiger charge is -2.33. The number of ether oxygens (including phenoxy) is 1. The van der Waals surface area contributed by atoms with Gasteiger partial charge in [-0.05, 0) is 25.0 Å². The molecule has 2 fully saturated rings. The molecule has 0 aromatic carbocycles. The number of nitrogens with two attached hydrogens (primary N) is 1. The summed E-state index contributed by atoms with van der Waals surface area (Å²) >= 11 is 0. The zero-order valence-electron chi connectivity index (χ0n) is 10.3. The second kappa shape index (κ2) is 4.31. The second-order valence-corrected chi connectivity index (χ2v) is 4.87. The van der Waals surface area contributed by atoms with Gasteiger partial charge in [0.25, 0.3) is 0 Å². The Labute approximate surface area is 110 Å². The highest BCUT2D eigenvalue weighted by Gasteiger charge is 2.51. The third kappa shape index (κ3) is 2.08. The number of carbonyl (C=O) groups excluding carboxylic acids is 2. The van der Waals surface area contributed by atoms with Crippen LogP contribution in [-0.4, -0.2) is 29.5 Å². The fourth-order valence-corrected chi connectivity index (χ4v) is 2.20. The Hall–Kier alpha value is -1.95. The van der Waals surface area contributed by atoms with E-state index in [9.17, 15) is 9.59 Å². The van der Waals surface area contributed by atoms with Gasteiger partial charge in [-0.2, -0.15) is 0 Å². The van der Waals surface area contributed by atoms with E-state index in [4.69, 9.17) is 10.5 Å². The Morgan fingerprint density at radius 1 is 1.42 bits per heavy atom. The van der Waals surface area contributed by atoms with Gasteiger partial charge < -0.3 is 15.8 Å². The number of nitrogens with zero attached hydrogens (tertiary/aromatic N) is 1. The van der Waals surface area contributed by atoms with Crippen molar-refractivity contribution in [3.05, 3.63) is 36.0 Å². The van der Waals surface area contributed by atoms with E-state index >= 15 is 0 Å². The number of aromatic nitrogens is 1. The van der Waals surface area contributed by atoms with Crippen LogP contribution in [0.2, 0.25) is 0 Å². The van der Waals surface area contributed by atoms with Crippen LogP contribution in [0.5, 0.6) is 0 Å². The van der Waals surface area contributed by atoms with Crippen molar-refractivity contribution in [3.8, 4) is 0 Å². The van der Waals surface area contributed by atoms with Gasteiger partial charge in [0.1, 0.15) is 5.92 Å². The van der Waals surface area contributed by atoms with Gasteiger partial charge in [-0.1, -0.05) is 6.07 Å². The molecule has 2 heterocycles. The van der Waals surface area contributed by atoms with Crippen LogP contribution in [0.1, 0.15) is 18.5 Å². The lowest BCUT2D eigenvalue weighted by molar-refractivity contribution is -0.145. The molecule has 1 saturated carbocycles. The van der Waals surface area contributed by atoms with E-state index in [-0.39, 0.29) is 18.1 Å². The molecule has 1 aliphatic carbocycles. The summed E-state index contributed by atoms with van der Waals surface area (Å²) in [5.74, 6) is -0.494. The Bertz CT molecular complexity index is 513. The Morgan fingerprint density at radius 3 is 2.68 bits per heavy atom. The molecule has 6 heteroatoms. The first-order chi connectivity index (χ1) is 9.12. The zero-order chi connectivity index (χ0) is 13.5. The molecule has 99 valence electrons. The van der Waals surface area contributed by atoms with Crippen molar-refractivity contribution in [1.29, 1.82) is 0 Å². The maximum Gasteiger partial charge on any atom is 0.247 e. The molecule has 19 heavy (non-hydrogen) atoms. The molecule has 1 aliphatic heterocycles. The van der Waals surface area contributed by atoms with Gasteiger partial charge in [0.2, 0.25) is 11.8 Å². The first-order valence-corrected chi connectivity index (χ1v) is 6.13. The normalized spacial score (nSPS) is 24.3. The van der Waals surface area contributed by atoms with Crippen LogP contribution in [-0.2, 0) is 19.9 Å².